The van der Waals surface area contributed by atoms with Gasteiger partial charge in [0, 0.05) is 15.7 Å². The van der Waals surface area contributed by atoms with Crippen LogP contribution in [-0.4, -0.2) is 18.5 Å². The summed E-state index contributed by atoms with van der Waals surface area (Å²) in [6, 6.07) is 17.0. The van der Waals surface area contributed by atoms with Crippen LogP contribution in [0.1, 0.15) is 22.8 Å². The van der Waals surface area contributed by atoms with Gasteiger partial charge >= 0.3 is 5.97 Å². The molecule has 0 aromatic heterocycles. The number of ether oxygens (including phenoxy) is 2. The van der Waals surface area contributed by atoms with Crippen molar-refractivity contribution in [3.8, 4) is 11.5 Å². The molecule has 3 aromatic rings. The maximum Gasteiger partial charge on any atom is 0.310 e. The van der Waals surface area contributed by atoms with Crippen LogP contribution in [0.4, 0.5) is 5.69 Å². The van der Waals surface area contributed by atoms with Gasteiger partial charge in [-0.05, 0) is 67.1 Å². The third kappa shape index (κ3) is 6.47. The summed E-state index contributed by atoms with van der Waals surface area (Å²) < 4.78 is 11.6. The van der Waals surface area contributed by atoms with Gasteiger partial charge in [-0.25, -0.2) is 0 Å². The van der Waals surface area contributed by atoms with Crippen LogP contribution >= 0.6 is 39.1 Å². The number of benzene rings is 3. The molecule has 8 heteroatoms. The first-order valence-electron chi connectivity index (χ1n) is 9.34. The summed E-state index contributed by atoms with van der Waals surface area (Å²) >= 11 is 15.3. The van der Waals surface area contributed by atoms with Gasteiger partial charge in [0.15, 0.2) is 0 Å². The average molecular weight is 523 g/mol. The molecular formula is C23H18BrCl2NO4. The second-order valence-electron chi connectivity index (χ2n) is 6.44. The van der Waals surface area contributed by atoms with Crippen molar-refractivity contribution in [2.75, 3.05) is 11.9 Å². The first-order chi connectivity index (χ1) is 14.9. The lowest BCUT2D eigenvalue weighted by atomic mass is 10.1. The lowest BCUT2D eigenvalue weighted by Crippen LogP contribution is -2.11. The van der Waals surface area contributed by atoms with Crippen molar-refractivity contribution < 1.29 is 19.1 Å². The SMILES string of the molecule is CCOC(=O)Cc1ccc(Oc2ccc(NC(=O)c3ccc(Cl)c(Cl)c3)cc2)cc1Br. The van der Waals surface area contributed by atoms with E-state index in [4.69, 9.17) is 32.7 Å². The molecule has 0 aliphatic carbocycles. The van der Waals surface area contributed by atoms with Gasteiger partial charge in [0.05, 0.1) is 23.1 Å². The van der Waals surface area contributed by atoms with Gasteiger partial charge in [-0.1, -0.05) is 45.2 Å². The van der Waals surface area contributed by atoms with Crippen LogP contribution < -0.4 is 10.1 Å². The third-order valence-corrected chi connectivity index (χ3v) is 5.67. The Kier molecular flexibility index (Phi) is 7.96. The maximum absolute atomic E-state index is 12.4. The predicted octanol–water partition coefficient (Wildman–Crippen LogP) is 6.91. The van der Waals surface area contributed by atoms with Crippen LogP contribution in [0.2, 0.25) is 10.0 Å². The van der Waals surface area contributed by atoms with Gasteiger partial charge < -0.3 is 14.8 Å². The molecule has 31 heavy (non-hydrogen) atoms. The molecule has 1 amide bonds. The quantitative estimate of drug-likeness (QED) is 0.342. The molecule has 0 saturated carbocycles. The highest BCUT2D eigenvalue weighted by atomic mass is 79.9. The first kappa shape index (κ1) is 23.1. The van der Waals surface area contributed by atoms with E-state index in [-0.39, 0.29) is 18.3 Å². The zero-order valence-corrected chi connectivity index (χ0v) is 19.6. The minimum absolute atomic E-state index is 0.182. The fraction of sp³-hybridized carbons (Fsp3) is 0.130. The van der Waals surface area contributed by atoms with E-state index in [1.54, 1.807) is 55.5 Å². The second kappa shape index (κ2) is 10.7. The first-order valence-corrected chi connectivity index (χ1v) is 10.9. The summed E-state index contributed by atoms with van der Waals surface area (Å²) in [6.45, 7) is 2.12. The molecule has 0 atom stereocenters. The monoisotopic (exact) mass is 521 g/mol. The van der Waals surface area contributed by atoms with Crippen LogP contribution in [0.15, 0.2) is 65.1 Å². The molecule has 1 N–H and O–H groups in total. The summed E-state index contributed by atoms with van der Waals surface area (Å²) in [5.41, 5.74) is 1.82. The molecule has 0 bridgehead atoms. The molecule has 0 heterocycles. The van der Waals surface area contributed by atoms with Crippen LogP contribution in [0.25, 0.3) is 0 Å². The largest absolute Gasteiger partial charge is 0.466 e. The highest BCUT2D eigenvalue weighted by Crippen LogP contribution is 2.29. The Morgan fingerprint density at radius 2 is 1.65 bits per heavy atom. The van der Waals surface area contributed by atoms with Crippen molar-refractivity contribution >= 4 is 56.7 Å². The van der Waals surface area contributed by atoms with Crippen molar-refractivity contribution in [1.29, 1.82) is 0 Å². The fourth-order valence-electron chi connectivity index (χ4n) is 2.69. The van der Waals surface area contributed by atoms with Crippen LogP contribution in [-0.2, 0) is 16.0 Å². The van der Waals surface area contributed by atoms with Gasteiger partial charge in [0.25, 0.3) is 5.91 Å². The molecule has 0 aliphatic rings. The van der Waals surface area contributed by atoms with Gasteiger partial charge in [-0.3, -0.25) is 9.59 Å². The van der Waals surface area contributed by atoms with E-state index in [1.165, 1.54) is 6.07 Å². The molecule has 3 aromatic carbocycles. The smallest absolute Gasteiger partial charge is 0.310 e. The van der Waals surface area contributed by atoms with E-state index in [0.717, 1.165) is 10.0 Å². The number of hydrogen-bond donors (Lipinski definition) is 1. The van der Waals surface area contributed by atoms with Gasteiger partial charge in [-0.15, -0.1) is 0 Å². The summed E-state index contributed by atoms with van der Waals surface area (Å²) in [5, 5.41) is 3.50. The number of anilines is 1. The van der Waals surface area contributed by atoms with Gasteiger partial charge in [-0.2, -0.15) is 0 Å². The predicted molar refractivity (Wildman–Crippen MR) is 125 cm³/mol. The molecular weight excluding hydrogens is 505 g/mol. The van der Waals surface area contributed by atoms with Crippen molar-refractivity contribution in [3.63, 3.8) is 0 Å². The highest BCUT2D eigenvalue weighted by molar-refractivity contribution is 9.10. The summed E-state index contributed by atoms with van der Waals surface area (Å²) in [5.74, 6) is 0.619. The van der Waals surface area contributed by atoms with Crippen molar-refractivity contribution in [3.05, 3.63) is 86.3 Å². The van der Waals surface area contributed by atoms with Crippen LogP contribution in [0.5, 0.6) is 11.5 Å². The van der Waals surface area contributed by atoms with Crippen molar-refractivity contribution in [2.45, 2.75) is 13.3 Å². The number of esters is 1. The number of nitrogens with one attached hydrogen (secondary N) is 1. The summed E-state index contributed by atoms with van der Waals surface area (Å²) in [7, 11) is 0. The number of amides is 1. The molecule has 0 unspecified atom stereocenters. The Bertz CT molecular complexity index is 1100. The van der Waals surface area contributed by atoms with Gasteiger partial charge in [0.1, 0.15) is 11.5 Å². The minimum Gasteiger partial charge on any atom is -0.466 e. The standard InChI is InChI=1S/C23H18BrCl2NO4/c1-2-30-22(28)12-14-3-7-18(13-19(14)24)31-17-8-5-16(6-9-17)27-23(29)15-4-10-20(25)21(26)11-15/h3-11,13H,2,12H2,1H3,(H,27,29). The Hall–Kier alpha value is -2.54. The average Bonchev–Trinajstić information content (AvgIpc) is 2.73. The highest BCUT2D eigenvalue weighted by Gasteiger charge is 2.11. The second-order valence-corrected chi connectivity index (χ2v) is 8.11. The molecule has 0 spiro atoms. The maximum atomic E-state index is 12.4. The van der Waals surface area contributed by atoms with E-state index in [0.29, 0.717) is 39.4 Å². The zero-order chi connectivity index (χ0) is 22.4. The van der Waals surface area contributed by atoms with E-state index in [2.05, 4.69) is 21.2 Å². The number of rotatable bonds is 7. The van der Waals surface area contributed by atoms with Gasteiger partial charge in [0.2, 0.25) is 0 Å². The van der Waals surface area contributed by atoms with E-state index >= 15 is 0 Å². The molecule has 0 saturated heterocycles. The van der Waals surface area contributed by atoms with Crippen LogP contribution in [0, 0.1) is 0 Å². The zero-order valence-electron chi connectivity index (χ0n) is 16.5. The normalized spacial score (nSPS) is 10.5. The number of hydrogen-bond acceptors (Lipinski definition) is 4. The molecule has 160 valence electrons. The Balaban J connectivity index is 1.62. The van der Waals surface area contributed by atoms with E-state index in [9.17, 15) is 9.59 Å². The van der Waals surface area contributed by atoms with Crippen molar-refractivity contribution in [1.82, 2.24) is 0 Å². The summed E-state index contributed by atoms with van der Waals surface area (Å²) in [6.07, 6.45) is 0.182. The lowest BCUT2D eigenvalue weighted by Gasteiger charge is -2.10. The molecule has 3 rings (SSSR count). The van der Waals surface area contributed by atoms with E-state index < -0.39 is 0 Å². The topological polar surface area (TPSA) is 64.6 Å². The summed E-state index contributed by atoms with van der Waals surface area (Å²) in [4.78, 5) is 24.0. The molecule has 0 fully saturated rings. The minimum atomic E-state index is -0.298. The molecule has 5 nitrogen and oxygen atoms in total. The fourth-order valence-corrected chi connectivity index (χ4v) is 3.48. The number of halogens is 3. The lowest BCUT2D eigenvalue weighted by molar-refractivity contribution is -0.142. The number of carbonyl (C=O) groups excluding carboxylic acids is 2. The van der Waals surface area contributed by atoms with E-state index in [1.807, 2.05) is 6.07 Å². The number of carbonyl (C=O) groups is 2. The molecule has 0 radical (unpaired) electrons. The Morgan fingerprint density at radius 3 is 2.29 bits per heavy atom. The Morgan fingerprint density at radius 1 is 0.935 bits per heavy atom. The molecule has 0 aliphatic heterocycles. The third-order valence-electron chi connectivity index (χ3n) is 4.19. The van der Waals surface area contributed by atoms with Crippen LogP contribution in [0.3, 0.4) is 0 Å². The van der Waals surface area contributed by atoms with Crippen molar-refractivity contribution in [2.24, 2.45) is 0 Å². The Labute approximate surface area is 198 Å².